The van der Waals surface area contributed by atoms with E-state index in [2.05, 4.69) is 38.4 Å². The molecule has 0 unspecified atom stereocenters. The van der Waals surface area contributed by atoms with Crippen LogP contribution >= 0.6 is 27.3 Å². The maximum Gasteiger partial charge on any atom is 0.229 e. The standard InChI is InChI=1S/C19H15BrN2OS/c20-14-8-6-13(7-9-14)17-11-24-19(21-17)22-18(23)16-10-15(16)12-4-2-1-3-5-12/h1-9,11,15-16H,10H2,(H,21,22,23)/t15-,16+/m0/s1. The van der Waals surface area contributed by atoms with E-state index in [1.165, 1.54) is 16.9 Å². The van der Waals surface area contributed by atoms with Crippen LogP contribution in [0.1, 0.15) is 17.9 Å². The monoisotopic (exact) mass is 398 g/mol. The Morgan fingerprint density at radius 2 is 1.88 bits per heavy atom. The third-order valence-electron chi connectivity index (χ3n) is 4.23. The zero-order valence-electron chi connectivity index (χ0n) is 12.8. The molecule has 120 valence electrons. The Morgan fingerprint density at radius 1 is 1.12 bits per heavy atom. The van der Waals surface area contributed by atoms with Crippen LogP contribution in [-0.4, -0.2) is 10.9 Å². The van der Waals surface area contributed by atoms with E-state index in [1.807, 2.05) is 47.8 Å². The highest BCUT2D eigenvalue weighted by Crippen LogP contribution is 2.48. The summed E-state index contributed by atoms with van der Waals surface area (Å²) in [5, 5.41) is 5.60. The SMILES string of the molecule is O=C(Nc1nc(-c2ccc(Br)cc2)cs1)[C@@H]1C[C@H]1c1ccccc1. The third kappa shape index (κ3) is 3.28. The number of anilines is 1. The van der Waals surface area contributed by atoms with Crippen molar-refractivity contribution >= 4 is 38.3 Å². The first-order valence-electron chi connectivity index (χ1n) is 7.78. The molecule has 0 aliphatic heterocycles. The van der Waals surface area contributed by atoms with Crippen LogP contribution < -0.4 is 5.32 Å². The van der Waals surface area contributed by atoms with Gasteiger partial charge < -0.3 is 5.32 Å². The van der Waals surface area contributed by atoms with Gasteiger partial charge in [-0.05, 0) is 30.0 Å². The molecule has 0 radical (unpaired) electrons. The van der Waals surface area contributed by atoms with E-state index in [1.54, 1.807) is 0 Å². The van der Waals surface area contributed by atoms with Crippen LogP contribution in [0.4, 0.5) is 5.13 Å². The van der Waals surface area contributed by atoms with Gasteiger partial charge in [-0.15, -0.1) is 11.3 Å². The topological polar surface area (TPSA) is 42.0 Å². The molecular formula is C19H15BrN2OS. The number of nitrogens with zero attached hydrogens (tertiary/aromatic N) is 1. The van der Waals surface area contributed by atoms with Gasteiger partial charge in [-0.3, -0.25) is 4.79 Å². The smallest absolute Gasteiger partial charge is 0.229 e. The Balaban J connectivity index is 1.41. The van der Waals surface area contributed by atoms with Crippen LogP contribution in [-0.2, 0) is 4.79 Å². The maximum atomic E-state index is 12.4. The molecule has 3 nitrogen and oxygen atoms in total. The molecule has 1 aliphatic rings. The fraction of sp³-hybridized carbons (Fsp3) is 0.158. The van der Waals surface area contributed by atoms with Gasteiger partial charge in [0.25, 0.3) is 0 Å². The Bertz CT molecular complexity index is 861. The lowest BCUT2D eigenvalue weighted by Gasteiger charge is -2.01. The van der Waals surface area contributed by atoms with Crippen molar-refractivity contribution in [2.45, 2.75) is 12.3 Å². The molecule has 0 spiro atoms. The number of rotatable bonds is 4. The zero-order chi connectivity index (χ0) is 16.5. The Hall–Kier alpha value is -1.98. The van der Waals surface area contributed by atoms with Crippen LogP contribution in [0, 0.1) is 5.92 Å². The Kier molecular flexibility index (Phi) is 4.21. The highest BCUT2D eigenvalue weighted by molar-refractivity contribution is 9.10. The molecule has 0 saturated heterocycles. The molecule has 1 N–H and O–H groups in total. The lowest BCUT2D eigenvalue weighted by atomic mass is 10.1. The molecule has 1 heterocycles. The first kappa shape index (κ1) is 15.5. The number of benzene rings is 2. The molecule has 1 saturated carbocycles. The predicted octanol–water partition coefficient (Wildman–Crippen LogP) is 5.31. The van der Waals surface area contributed by atoms with Crippen molar-refractivity contribution in [2.24, 2.45) is 5.92 Å². The second kappa shape index (κ2) is 6.49. The van der Waals surface area contributed by atoms with E-state index < -0.39 is 0 Å². The summed E-state index contributed by atoms with van der Waals surface area (Å²) >= 11 is 4.89. The van der Waals surface area contributed by atoms with Crippen molar-refractivity contribution in [1.29, 1.82) is 0 Å². The van der Waals surface area contributed by atoms with E-state index in [-0.39, 0.29) is 11.8 Å². The number of nitrogens with one attached hydrogen (secondary N) is 1. The minimum absolute atomic E-state index is 0.0624. The van der Waals surface area contributed by atoms with E-state index in [4.69, 9.17) is 0 Å². The molecule has 1 amide bonds. The molecule has 5 heteroatoms. The molecule has 2 aromatic carbocycles. The molecule has 1 fully saturated rings. The van der Waals surface area contributed by atoms with Crippen molar-refractivity contribution in [3.05, 3.63) is 70.0 Å². The predicted molar refractivity (Wildman–Crippen MR) is 101 cm³/mol. The van der Waals surface area contributed by atoms with Gasteiger partial charge >= 0.3 is 0 Å². The van der Waals surface area contributed by atoms with Gasteiger partial charge in [-0.25, -0.2) is 4.98 Å². The largest absolute Gasteiger partial charge is 0.302 e. The van der Waals surface area contributed by atoms with Gasteiger partial charge in [-0.1, -0.05) is 58.4 Å². The van der Waals surface area contributed by atoms with Crippen LogP contribution in [0.25, 0.3) is 11.3 Å². The van der Waals surface area contributed by atoms with E-state index in [0.29, 0.717) is 11.0 Å². The summed E-state index contributed by atoms with van der Waals surface area (Å²) in [5.74, 6) is 0.477. The number of halogens is 1. The second-order valence-electron chi connectivity index (χ2n) is 5.89. The van der Waals surface area contributed by atoms with Gasteiger partial charge in [0, 0.05) is 21.3 Å². The van der Waals surface area contributed by atoms with Gasteiger partial charge in [0.1, 0.15) is 0 Å². The first-order chi connectivity index (χ1) is 11.7. The van der Waals surface area contributed by atoms with Crippen molar-refractivity contribution < 1.29 is 4.79 Å². The van der Waals surface area contributed by atoms with Crippen LogP contribution in [0.3, 0.4) is 0 Å². The maximum absolute atomic E-state index is 12.4. The minimum Gasteiger partial charge on any atom is -0.302 e. The van der Waals surface area contributed by atoms with Crippen molar-refractivity contribution in [3.63, 3.8) is 0 Å². The Morgan fingerprint density at radius 3 is 2.62 bits per heavy atom. The number of hydrogen-bond acceptors (Lipinski definition) is 3. The fourth-order valence-electron chi connectivity index (χ4n) is 2.84. The van der Waals surface area contributed by atoms with Crippen molar-refractivity contribution in [1.82, 2.24) is 4.98 Å². The average molecular weight is 399 g/mol. The normalized spacial score (nSPS) is 19.0. The lowest BCUT2D eigenvalue weighted by molar-refractivity contribution is -0.117. The van der Waals surface area contributed by atoms with Gasteiger partial charge in [0.2, 0.25) is 5.91 Å². The van der Waals surface area contributed by atoms with Gasteiger partial charge in [-0.2, -0.15) is 0 Å². The third-order valence-corrected chi connectivity index (χ3v) is 5.52. The summed E-state index contributed by atoms with van der Waals surface area (Å²) in [4.78, 5) is 16.9. The summed E-state index contributed by atoms with van der Waals surface area (Å²) in [6.45, 7) is 0. The molecule has 1 aromatic heterocycles. The summed E-state index contributed by atoms with van der Waals surface area (Å²) in [6, 6.07) is 18.2. The van der Waals surface area contributed by atoms with E-state index >= 15 is 0 Å². The van der Waals surface area contributed by atoms with E-state index in [9.17, 15) is 4.79 Å². The van der Waals surface area contributed by atoms with Crippen LogP contribution in [0.15, 0.2) is 64.5 Å². The number of carbonyl (C=O) groups is 1. The molecule has 0 bridgehead atoms. The average Bonchev–Trinajstić information content (AvgIpc) is 3.29. The summed E-state index contributed by atoms with van der Waals surface area (Å²) in [6.07, 6.45) is 0.917. The molecule has 2 atom stereocenters. The highest BCUT2D eigenvalue weighted by atomic mass is 79.9. The number of thiazole rings is 1. The molecule has 24 heavy (non-hydrogen) atoms. The first-order valence-corrected chi connectivity index (χ1v) is 9.45. The van der Waals surface area contributed by atoms with E-state index in [0.717, 1.165) is 22.2 Å². The number of aromatic nitrogens is 1. The number of hydrogen-bond donors (Lipinski definition) is 1. The molecule has 3 aromatic rings. The molecule has 1 aliphatic carbocycles. The number of amides is 1. The Labute approximate surface area is 152 Å². The molecular weight excluding hydrogens is 384 g/mol. The highest BCUT2D eigenvalue weighted by Gasteiger charge is 2.44. The fourth-order valence-corrected chi connectivity index (χ4v) is 3.82. The summed E-state index contributed by atoms with van der Waals surface area (Å²) in [7, 11) is 0. The second-order valence-corrected chi connectivity index (χ2v) is 7.67. The number of carbonyl (C=O) groups excluding carboxylic acids is 1. The van der Waals surface area contributed by atoms with Crippen molar-refractivity contribution in [3.8, 4) is 11.3 Å². The van der Waals surface area contributed by atoms with Gasteiger partial charge in [0.15, 0.2) is 5.13 Å². The van der Waals surface area contributed by atoms with Gasteiger partial charge in [0.05, 0.1) is 5.69 Å². The van der Waals surface area contributed by atoms with Crippen LogP contribution in [0.2, 0.25) is 0 Å². The van der Waals surface area contributed by atoms with Crippen LogP contribution in [0.5, 0.6) is 0 Å². The lowest BCUT2D eigenvalue weighted by Crippen LogP contribution is -2.14. The quantitative estimate of drug-likeness (QED) is 0.646. The summed E-state index contributed by atoms with van der Waals surface area (Å²) in [5.41, 5.74) is 3.18. The zero-order valence-corrected chi connectivity index (χ0v) is 15.2. The molecule has 4 rings (SSSR count). The minimum atomic E-state index is 0.0624. The summed E-state index contributed by atoms with van der Waals surface area (Å²) < 4.78 is 1.04. The van der Waals surface area contributed by atoms with Crippen molar-refractivity contribution in [2.75, 3.05) is 5.32 Å².